The molecule has 2 nitrogen and oxygen atoms in total. The van der Waals surface area contributed by atoms with Crippen molar-refractivity contribution in [1.29, 1.82) is 0 Å². The number of carboxylic acids is 1. The SMILES string of the molecule is CCC1(CC)C(C=C(C)C)C1C(=O)O. The summed E-state index contributed by atoms with van der Waals surface area (Å²) in [5.74, 6) is -0.511. The Kier molecular flexibility index (Phi) is 3.03. The molecular weight excluding hydrogens is 176 g/mol. The second-order valence-corrected chi connectivity index (χ2v) is 4.53. The van der Waals surface area contributed by atoms with E-state index in [1.807, 2.05) is 13.8 Å². The number of allylic oxidation sites excluding steroid dienone is 2. The van der Waals surface area contributed by atoms with Gasteiger partial charge in [0, 0.05) is 0 Å². The van der Waals surface area contributed by atoms with Crippen molar-refractivity contribution in [2.24, 2.45) is 17.3 Å². The van der Waals surface area contributed by atoms with Crippen LogP contribution in [0.5, 0.6) is 0 Å². The van der Waals surface area contributed by atoms with Crippen LogP contribution in [0.1, 0.15) is 40.5 Å². The molecule has 0 aromatic heterocycles. The molecule has 80 valence electrons. The Morgan fingerprint density at radius 2 is 1.86 bits per heavy atom. The van der Waals surface area contributed by atoms with Gasteiger partial charge in [-0.1, -0.05) is 25.5 Å². The summed E-state index contributed by atoms with van der Waals surface area (Å²) in [5, 5.41) is 9.11. The third-order valence-electron chi connectivity index (χ3n) is 3.63. The van der Waals surface area contributed by atoms with E-state index in [0.717, 1.165) is 12.8 Å². The smallest absolute Gasteiger partial charge is 0.307 e. The fourth-order valence-electron chi connectivity index (χ4n) is 2.71. The molecule has 1 aliphatic rings. The van der Waals surface area contributed by atoms with Gasteiger partial charge in [-0.15, -0.1) is 0 Å². The summed E-state index contributed by atoms with van der Waals surface area (Å²) in [6.07, 6.45) is 4.07. The number of aliphatic carboxylic acids is 1. The number of hydrogen-bond donors (Lipinski definition) is 1. The molecule has 1 saturated carbocycles. The number of rotatable bonds is 4. The number of carbonyl (C=O) groups is 1. The highest BCUT2D eigenvalue weighted by Crippen LogP contribution is 2.64. The summed E-state index contributed by atoms with van der Waals surface area (Å²) in [5.41, 5.74) is 1.27. The van der Waals surface area contributed by atoms with E-state index in [1.54, 1.807) is 0 Å². The second-order valence-electron chi connectivity index (χ2n) is 4.53. The summed E-state index contributed by atoms with van der Waals surface area (Å²) in [4.78, 5) is 11.1. The summed E-state index contributed by atoms with van der Waals surface area (Å²) in [6, 6.07) is 0. The largest absolute Gasteiger partial charge is 0.481 e. The predicted molar refractivity (Wildman–Crippen MR) is 57.1 cm³/mol. The molecular formula is C12H20O2. The Morgan fingerprint density at radius 1 is 1.36 bits per heavy atom. The Morgan fingerprint density at radius 3 is 2.07 bits per heavy atom. The molecule has 1 N–H and O–H groups in total. The maximum atomic E-state index is 11.1. The molecule has 2 unspecified atom stereocenters. The van der Waals surface area contributed by atoms with Crippen LogP contribution in [0.25, 0.3) is 0 Å². The third-order valence-corrected chi connectivity index (χ3v) is 3.63. The monoisotopic (exact) mass is 196 g/mol. The van der Waals surface area contributed by atoms with Crippen molar-refractivity contribution in [2.75, 3.05) is 0 Å². The van der Waals surface area contributed by atoms with E-state index in [0.29, 0.717) is 0 Å². The van der Waals surface area contributed by atoms with Crippen LogP contribution < -0.4 is 0 Å². The summed E-state index contributed by atoms with van der Waals surface area (Å²) >= 11 is 0. The molecule has 0 saturated heterocycles. The zero-order valence-electron chi connectivity index (χ0n) is 9.50. The van der Waals surface area contributed by atoms with Gasteiger partial charge in [0.1, 0.15) is 0 Å². The molecule has 0 spiro atoms. The van der Waals surface area contributed by atoms with E-state index in [2.05, 4.69) is 19.9 Å². The molecule has 0 aromatic rings. The maximum absolute atomic E-state index is 11.1. The lowest BCUT2D eigenvalue weighted by atomic mass is 9.94. The van der Waals surface area contributed by atoms with Crippen LogP contribution >= 0.6 is 0 Å². The van der Waals surface area contributed by atoms with Crippen molar-refractivity contribution in [2.45, 2.75) is 40.5 Å². The van der Waals surface area contributed by atoms with Crippen LogP contribution in [0.15, 0.2) is 11.6 Å². The van der Waals surface area contributed by atoms with Gasteiger partial charge in [-0.3, -0.25) is 4.79 Å². The normalized spacial score (nSPS) is 28.3. The molecule has 1 fully saturated rings. The van der Waals surface area contributed by atoms with Gasteiger partial charge in [-0.2, -0.15) is 0 Å². The van der Waals surface area contributed by atoms with Crippen LogP contribution in [0.3, 0.4) is 0 Å². The zero-order chi connectivity index (χ0) is 10.9. The molecule has 0 amide bonds. The molecule has 1 rings (SSSR count). The summed E-state index contributed by atoms with van der Waals surface area (Å²) < 4.78 is 0. The van der Waals surface area contributed by atoms with Gasteiger partial charge >= 0.3 is 5.97 Å². The lowest BCUT2D eigenvalue weighted by Crippen LogP contribution is -2.08. The lowest BCUT2D eigenvalue weighted by Gasteiger charge is -2.10. The first kappa shape index (κ1) is 11.3. The van der Waals surface area contributed by atoms with Crippen LogP contribution in [-0.2, 0) is 4.79 Å². The van der Waals surface area contributed by atoms with E-state index in [-0.39, 0.29) is 17.3 Å². The Balaban J connectivity index is 2.87. The van der Waals surface area contributed by atoms with Crippen LogP contribution in [0.4, 0.5) is 0 Å². The van der Waals surface area contributed by atoms with Crippen molar-refractivity contribution in [3.63, 3.8) is 0 Å². The minimum Gasteiger partial charge on any atom is -0.481 e. The van der Waals surface area contributed by atoms with E-state index in [9.17, 15) is 4.79 Å². The van der Waals surface area contributed by atoms with Gasteiger partial charge < -0.3 is 5.11 Å². The highest BCUT2D eigenvalue weighted by Gasteiger charge is 2.64. The molecule has 2 atom stereocenters. The quantitative estimate of drug-likeness (QED) is 0.701. The van der Waals surface area contributed by atoms with Crippen LogP contribution in [0, 0.1) is 17.3 Å². The summed E-state index contributed by atoms with van der Waals surface area (Å²) in [7, 11) is 0. The van der Waals surface area contributed by atoms with E-state index < -0.39 is 5.97 Å². The van der Waals surface area contributed by atoms with E-state index >= 15 is 0 Å². The van der Waals surface area contributed by atoms with Gasteiger partial charge in [-0.25, -0.2) is 0 Å². The van der Waals surface area contributed by atoms with Gasteiger partial charge in [0.05, 0.1) is 5.92 Å². The Bertz CT molecular complexity index is 257. The molecule has 1 aliphatic carbocycles. The third kappa shape index (κ3) is 1.58. The van der Waals surface area contributed by atoms with Crippen molar-refractivity contribution in [1.82, 2.24) is 0 Å². The first-order valence-corrected chi connectivity index (χ1v) is 5.37. The minimum absolute atomic E-state index is 0.0447. The van der Waals surface area contributed by atoms with Gasteiger partial charge in [0.2, 0.25) is 0 Å². The molecule has 0 heterocycles. The van der Waals surface area contributed by atoms with Crippen molar-refractivity contribution in [3.8, 4) is 0 Å². The van der Waals surface area contributed by atoms with Crippen molar-refractivity contribution >= 4 is 5.97 Å². The Hall–Kier alpha value is -0.790. The van der Waals surface area contributed by atoms with Gasteiger partial charge in [-0.05, 0) is 38.0 Å². The Labute approximate surface area is 86.0 Å². The molecule has 0 bridgehead atoms. The second kappa shape index (κ2) is 3.76. The molecule has 2 heteroatoms. The number of hydrogen-bond acceptors (Lipinski definition) is 1. The first-order chi connectivity index (χ1) is 6.49. The average molecular weight is 196 g/mol. The summed E-state index contributed by atoms with van der Waals surface area (Å²) in [6.45, 7) is 8.26. The highest BCUT2D eigenvalue weighted by molar-refractivity contribution is 5.76. The zero-order valence-corrected chi connectivity index (χ0v) is 9.50. The fraction of sp³-hybridized carbons (Fsp3) is 0.750. The van der Waals surface area contributed by atoms with Gasteiger partial charge in [0.15, 0.2) is 0 Å². The van der Waals surface area contributed by atoms with Crippen LogP contribution in [0.2, 0.25) is 0 Å². The van der Waals surface area contributed by atoms with E-state index in [4.69, 9.17) is 5.11 Å². The molecule has 14 heavy (non-hydrogen) atoms. The number of carboxylic acid groups (broad SMARTS) is 1. The average Bonchev–Trinajstić information content (AvgIpc) is 2.72. The van der Waals surface area contributed by atoms with Crippen molar-refractivity contribution < 1.29 is 9.90 Å². The highest BCUT2D eigenvalue weighted by atomic mass is 16.4. The fourth-order valence-corrected chi connectivity index (χ4v) is 2.71. The lowest BCUT2D eigenvalue weighted by molar-refractivity contribution is -0.139. The minimum atomic E-state index is -0.629. The van der Waals surface area contributed by atoms with Crippen LogP contribution in [-0.4, -0.2) is 11.1 Å². The van der Waals surface area contributed by atoms with E-state index in [1.165, 1.54) is 5.57 Å². The standard InChI is InChI=1S/C12H20O2/c1-5-12(6-2)9(7-8(3)4)10(12)11(13)14/h7,9-10H,5-6H2,1-4H3,(H,13,14). The predicted octanol–water partition coefficient (Wildman–Crippen LogP) is 3.09. The molecule has 0 aliphatic heterocycles. The topological polar surface area (TPSA) is 37.3 Å². The van der Waals surface area contributed by atoms with Gasteiger partial charge in [0.25, 0.3) is 0 Å². The van der Waals surface area contributed by atoms with Crippen molar-refractivity contribution in [3.05, 3.63) is 11.6 Å². The molecule has 0 radical (unpaired) electrons. The molecule has 0 aromatic carbocycles. The first-order valence-electron chi connectivity index (χ1n) is 5.37. The maximum Gasteiger partial charge on any atom is 0.307 e.